The zero-order valence-corrected chi connectivity index (χ0v) is 10.0. The summed E-state index contributed by atoms with van der Waals surface area (Å²) in [7, 11) is 0. The van der Waals surface area contributed by atoms with Crippen LogP contribution in [0.2, 0.25) is 0 Å². The quantitative estimate of drug-likeness (QED) is 0.784. The van der Waals surface area contributed by atoms with Crippen molar-refractivity contribution in [3.8, 4) is 0 Å². The maximum absolute atomic E-state index is 12.3. The number of aliphatic imine (C=N–C) groups is 2. The third-order valence-corrected chi connectivity index (χ3v) is 2.37. The molecule has 0 amide bonds. The van der Waals surface area contributed by atoms with E-state index in [1.165, 1.54) is 5.01 Å². The molecule has 8 heteroatoms. The van der Waals surface area contributed by atoms with Gasteiger partial charge < -0.3 is 5.32 Å². The number of hydrogen-bond acceptors (Lipinski definition) is 6. The highest BCUT2D eigenvalue weighted by atomic mass is 32.2. The van der Waals surface area contributed by atoms with Crippen LogP contribution in [-0.4, -0.2) is 41.7 Å². The molecule has 0 bridgehead atoms. The number of rotatable bonds is 4. The van der Waals surface area contributed by atoms with E-state index in [9.17, 15) is 8.78 Å². The molecule has 0 atom stereocenters. The summed E-state index contributed by atoms with van der Waals surface area (Å²) in [6.07, 6.45) is 0. The summed E-state index contributed by atoms with van der Waals surface area (Å²) in [6, 6.07) is 0. The minimum absolute atomic E-state index is 0.239. The lowest BCUT2D eigenvalue weighted by molar-refractivity contribution is 0.252. The largest absolute Gasteiger partial charge is 0.355 e. The highest BCUT2D eigenvalue weighted by Gasteiger charge is 2.20. The monoisotopic (exact) mass is 251 g/mol. The zero-order valence-electron chi connectivity index (χ0n) is 9.20. The Kier molecular flexibility index (Phi) is 5.47. The third kappa shape index (κ3) is 3.93. The van der Waals surface area contributed by atoms with Crippen LogP contribution in [0, 0.1) is 0 Å². The van der Waals surface area contributed by atoms with Crippen molar-refractivity contribution in [3.63, 3.8) is 0 Å². The van der Waals surface area contributed by atoms with Gasteiger partial charge in [0, 0.05) is 13.1 Å². The molecule has 0 aromatic rings. The molecule has 5 nitrogen and oxygen atoms in total. The van der Waals surface area contributed by atoms with E-state index < -0.39 is 5.76 Å². The van der Waals surface area contributed by atoms with Gasteiger partial charge in [-0.25, -0.2) is 10.4 Å². The van der Waals surface area contributed by atoms with Gasteiger partial charge in [-0.15, -0.1) is 0 Å². The molecule has 0 saturated heterocycles. The molecule has 0 radical (unpaired) electrons. The fourth-order valence-corrected chi connectivity index (χ4v) is 1.66. The molecule has 0 fully saturated rings. The first-order valence-corrected chi connectivity index (χ1v) is 5.88. The molecule has 0 saturated carbocycles. The normalized spacial score (nSPS) is 16.2. The Balaban J connectivity index is 2.69. The Morgan fingerprint density at radius 2 is 2.19 bits per heavy atom. The first-order valence-electron chi connectivity index (χ1n) is 5.00. The van der Waals surface area contributed by atoms with Crippen molar-refractivity contribution in [2.24, 2.45) is 9.98 Å². The van der Waals surface area contributed by atoms with Crippen LogP contribution in [0.15, 0.2) is 9.98 Å². The number of halogens is 2. The maximum atomic E-state index is 12.3. The predicted molar refractivity (Wildman–Crippen MR) is 62.5 cm³/mol. The van der Waals surface area contributed by atoms with Crippen LogP contribution in [-0.2, 0) is 0 Å². The Labute approximate surface area is 97.4 Å². The molecule has 0 spiro atoms. The minimum atomic E-state index is -2.49. The van der Waals surface area contributed by atoms with Crippen LogP contribution in [0.25, 0.3) is 0 Å². The van der Waals surface area contributed by atoms with E-state index in [1.807, 2.05) is 13.8 Å². The lowest BCUT2D eigenvalue weighted by Gasteiger charge is -2.26. The lowest BCUT2D eigenvalue weighted by Crippen LogP contribution is -2.45. The smallest absolute Gasteiger partial charge is 0.291 e. The molecule has 1 aliphatic heterocycles. The number of alkyl halides is 2. The Bertz CT molecular complexity index is 282. The van der Waals surface area contributed by atoms with Gasteiger partial charge in [0.2, 0.25) is 5.96 Å². The van der Waals surface area contributed by atoms with Gasteiger partial charge >= 0.3 is 0 Å². The van der Waals surface area contributed by atoms with Crippen LogP contribution < -0.4 is 10.7 Å². The summed E-state index contributed by atoms with van der Waals surface area (Å²) in [4.78, 5) is 8.11. The van der Waals surface area contributed by atoms with E-state index in [1.54, 1.807) is 0 Å². The fraction of sp³-hybridized carbons (Fsp3) is 0.750. The van der Waals surface area contributed by atoms with E-state index in [0.29, 0.717) is 30.8 Å². The molecule has 1 aliphatic rings. The second kappa shape index (κ2) is 6.64. The molecule has 1 rings (SSSR count). The van der Waals surface area contributed by atoms with Crippen molar-refractivity contribution >= 4 is 22.9 Å². The van der Waals surface area contributed by atoms with Crippen molar-refractivity contribution < 1.29 is 8.78 Å². The molecule has 0 aromatic carbocycles. The van der Waals surface area contributed by atoms with E-state index in [4.69, 9.17) is 0 Å². The summed E-state index contributed by atoms with van der Waals surface area (Å²) in [6.45, 7) is 5.36. The van der Waals surface area contributed by atoms with Crippen molar-refractivity contribution in [1.82, 2.24) is 15.8 Å². The van der Waals surface area contributed by atoms with Gasteiger partial charge in [-0.2, -0.15) is 13.8 Å². The van der Waals surface area contributed by atoms with E-state index in [-0.39, 0.29) is 11.8 Å². The average molecular weight is 251 g/mol. The van der Waals surface area contributed by atoms with E-state index in [2.05, 4.69) is 20.7 Å². The number of hydrogen-bond donors (Lipinski definition) is 2. The Morgan fingerprint density at radius 3 is 2.75 bits per heavy atom. The molecule has 0 aromatic heterocycles. The average Bonchev–Trinajstić information content (AvgIpc) is 2.22. The minimum Gasteiger partial charge on any atom is -0.355 e. The van der Waals surface area contributed by atoms with Gasteiger partial charge in [-0.1, -0.05) is 6.92 Å². The molecule has 92 valence electrons. The van der Waals surface area contributed by atoms with Crippen LogP contribution in [0.4, 0.5) is 8.78 Å². The van der Waals surface area contributed by atoms with E-state index >= 15 is 0 Å². The SMILES string of the molecule is CCNC1=NCN(NCC)C(SC(F)F)=N1. The van der Waals surface area contributed by atoms with Crippen molar-refractivity contribution in [1.29, 1.82) is 0 Å². The first-order chi connectivity index (χ1) is 7.67. The first kappa shape index (κ1) is 13.2. The molecule has 2 N–H and O–H groups in total. The zero-order chi connectivity index (χ0) is 12.0. The fourth-order valence-electron chi connectivity index (χ4n) is 1.12. The Hall–Kier alpha value is -0.890. The number of amidine groups is 1. The van der Waals surface area contributed by atoms with Crippen molar-refractivity contribution in [2.75, 3.05) is 19.8 Å². The molecule has 16 heavy (non-hydrogen) atoms. The Morgan fingerprint density at radius 1 is 1.44 bits per heavy atom. The summed E-state index contributed by atoms with van der Waals surface area (Å²) >= 11 is 0.412. The molecular formula is C8H15F2N5S. The van der Waals surface area contributed by atoms with Crippen LogP contribution in [0.5, 0.6) is 0 Å². The summed E-state index contributed by atoms with van der Waals surface area (Å²) in [5.41, 5.74) is 2.92. The standard InChI is InChI=1S/C8H15F2N5S/c1-3-11-7-12-5-15(13-4-2)8(14-7)16-6(9)10/h6,13H,3-5H2,1-2H3,(H,11,12). The predicted octanol–water partition coefficient (Wildman–Crippen LogP) is 1.06. The van der Waals surface area contributed by atoms with Gasteiger partial charge in [-0.3, -0.25) is 5.01 Å². The van der Waals surface area contributed by atoms with Gasteiger partial charge in [0.05, 0.1) is 0 Å². The van der Waals surface area contributed by atoms with Crippen LogP contribution in [0.3, 0.4) is 0 Å². The second-order valence-electron chi connectivity index (χ2n) is 2.87. The van der Waals surface area contributed by atoms with E-state index in [0.717, 1.165) is 0 Å². The van der Waals surface area contributed by atoms with Gasteiger partial charge in [0.15, 0.2) is 5.17 Å². The summed E-state index contributed by atoms with van der Waals surface area (Å²) in [5.74, 6) is -2.08. The number of hydrazine groups is 1. The van der Waals surface area contributed by atoms with Gasteiger partial charge in [0.1, 0.15) is 6.67 Å². The third-order valence-electron chi connectivity index (χ3n) is 1.67. The number of nitrogens with zero attached hydrogens (tertiary/aromatic N) is 3. The highest BCUT2D eigenvalue weighted by molar-refractivity contribution is 8.14. The van der Waals surface area contributed by atoms with Crippen molar-refractivity contribution in [3.05, 3.63) is 0 Å². The molecule has 0 unspecified atom stereocenters. The second-order valence-corrected chi connectivity index (χ2v) is 3.82. The van der Waals surface area contributed by atoms with Crippen LogP contribution >= 0.6 is 11.8 Å². The topological polar surface area (TPSA) is 52.0 Å². The highest BCUT2D eigenvalue weighted by Crippen LogP contribution is 2.19. The lowest BCUT2D eigenvalue weighted by atomic mass is 10.7. The number of nitrogens with one attached hydrogen (secondary N) is 2. The maximum Gasteiger partial charge on any atom is 0.291 e. The molecule has 1 heterocycles. The van der Waals surface area contributed by atoms with Gasteiger partial charge in [0.25, 0.3) is 5.76 Å². The molecular weight excluding hydrogens is 236 g/mol. The number of thioether (sulfide) groups is 1. The van der Waals surface area contributed by atoms with Gasteiger partial charge in [-0.05, 0) is 18.7 Å². The van der Waals surface area contributed by atoms with Crippen LogP contribution in [0.1, 0.15) is 13.8 Å². The summed E-state index contributed by atoms with van der Waals surface area (Å²) in [5, 5.41) is 4.65. The number of guanidine groups is 1. The molecule has 0 aliphatic carbocycles. The van der Waals surface area contributed by atoms with Crippen molar-refractivity contribution in [2.45, 2.75) is 19.6 Å². The summed E-state index contributed by atoms with van der Waals surface area (Å²) < 4.78 is 24.6.